The Morgan fingerprint density at radius 2 is 1.93 bits per heavy atom. The van der Waals surface area contributed by atoms with Crippen molar-refractivity contribution in [3.8, 4) is 11.3 Å². The Kier molecular flexibility index (Phi) is 5.92. The molecule has 30 heavy (non-hydrogen) atoms. The van der Waals surface area contributed by atoms with Crippen LogP contribution in [0.15, 0.2) is 36.7 Å². The van der Waals surface area contributed by atoms with Gasteiger partial charge in [-0.05, 0) is 38.0 Å². The number of rotatable bonds is 4. The predicted octanol–water partition coefficient (Wildman–Crippen LogP) is 4.12. The first-order valence-electron chi connectivity index (χ1n) is 9.73. The SMILES string of the molecule is CCOC(=O)C1CCN(C(=O)c2cnn3c(-c4ccc(Cl)c(Cl)c4)ccnc23)CC1. The number of carbonyl (C=O) groups is 2. The van der Waals surface area contributed by atoms with Gasteiger partial charge in [0, 0.05) is 24.8 Å². The van der Waals surface area contributed by atoms with Gasteiger partial charge in [0.05, 0.1) is 34.5 Å². The molecule has 7 nitrogen and oxygen atoms in total. The van der Waals surface area contributed by atoms with Gasteiger partial charge in [0.1, 0.15) is 5.56 Å². The summed E-state index contributed by atoms with van der Waals surface area (Å²) in [5.41, 5.74) is 2.45. The van der Waals surface area contributed by atoms with E-state index in [4.69, 9.17) is 27.9 Å². The standard InChI is InChI=1S/C21H20Cl2N4O3/c1-2-30-21(29)13-6-9-26(10-7-13)20(28)15-12-25-27-18(5-8-24-19(15)27)14-3-4-16(22)17(23)11-14/h3-5,8,11-13H,2,6-7,9-10H2,1H3. The molecule has 1 aliphatic rings. The van der Waals surface area contributed by atoms with E-state index >= 15 is 0 Å². The number of nitrogens with zero attached hydrogens (tertiary/aromatic N) is 4. The smallest absolute Gasteiger partial charge is 0.309 e. The van der Waals surface area contributed by atoms with Gasteiger partial charge >= 0.3 is 5.97 Å². The van der Waals surface area contributed by atoms with Crippen LogP contribution in [0.4, 0.5) is 0 Å². The third kappa shape index (κ3) is 3.87. The van der Waals surface area contributed by atoms with Crippen LogP contribution in [0.25, 0.3) is 16.9 Å². The average molecular weight is 447 g/mol. The summed E-state index contributed by atoms with van der Waals surface area (Å²) in [5, 5.41) is 5.29. The highest BCUT2D eigenvalue weighted by atomic mass is 35.5. The van der Waals surface area contributed by atoms with E-state index in [1.807, 2.05) is 6.07 Å². The van der Waals surface area contributed by atoms with Crippen molar-refractivity contribution in [2.75, 3.05) is 19.7 Å². The molecular weight excluding hydrogens is 427 g/mol. The van der Waals surface area contributed by atoms with E-state index in [0.29, 0.717) is 53.8 Å². The number of esters is 1. The molecule has 0 unspecified atom stereocenters. The molecule has 0 radical (unpaired) electrons. The van der Waals surface area contributed by atoms with Crippen LogP contribution in [0.3, 0.4) is 0 Å². The first-order valence-corrected chi connectivity index (χ1v) is 10.5. The number of fused-ring (bicyclic) bond motifs is 1. The molecule has 1 amide bonds. The van der Waals surface area contributed by atoms with Gasteiger partial charge in [-0.1, -0.05) is 29.3 Å². The molecule has 1 fully saturated rings. The Morgan fingerprint density at radius 3 is 2.63 bits per heavy atom. The van der Waals surface area contributed by atoms with Crippen LogP contribution in [0.5, 0.6) is 0 Å². The Bertz CT molecular complexity index is 1110. The van der Waals surface area contributed by atoms with E-state index < -0.39 is 0 Å². The second kappa shape index (κ2) is 8.62. The number of carbonyl (C=O) groups excluding carboxylic acids is 2. The summed E-state index contributed by atoms with van der Waals surface area (Å²) in [6.45, 7) is 3.15. The van der Waals surface area contributed by atoms with Gasteiger partial charge in [0.2, 0.25) is 0 Å². The maximum Gasteiger partial charge on any atom is 0.309 e. The van der Waals surface area contributed by atoms with Crippen LogP contribution < -0.4 is 0 Å². The minimum atomic E-state index is -0.187. The van der Waals surface area contributed by atoms with Crippen molar-refractivity contribution in [2.45, 2.75) is 19.8 Å². The lowest BCUT2D eigenvalue weighted by molar-refractivity contribution is -0.149. The fourth-order valence-electron chi connectivity index (χ4n) is 3.67. The lowest BCUT2D eigenvalue weighted by atomic mass is 9.96. The molecule has 3 heterocycles. The second-order valence-corrected chi connectivity index (χ2v) is 7.89. The van der Waals surface area contributed by atoms with Gasteiger partial charge in [0.25, 0.3) is 5.91 Å². The molecule has 1 aliphatic heterocycles. The zero-order valence-corrected chi connectivity index (χ0v) is 17.9. The molecule has 0 atom stereocenters. The normalized spacial score (nSPS) is 14.8. The molecule has 0 N–H and O–H groups in total. The summed E-state index contributed by atoms with van der Waals surface area (Å²) in [5.74, 6) is -0.489. The molecule has 0 aliphatic carbocycles. The van der Waals surface area contributed by atoms with E-state index in [9.17, 15) is 9.59 Å². The molecule has 1 saturated heterocycles. The van der Waals surface area contributed by atoms with E-state index in [-0.39, 0.29) is 17.8 Å². The van der Waals surface area contributed by atoms with Gasteiger partial charge in [-0.2, -0.15) is 5.10 Å². The quantitative estimate of drug-likeness (QED) is 0.563. The average Bonchev–Trinajstić information content (AvgIpc) is 3.20. The number of hydrogen-bond acceptors (Lipinski definition) is 5. The minimum absolute atomic E-state index is 0.147. The fourth-order valence-corrected chi connectivity index (χ4v) is 3.96. The summed E-state index contributed by atoms with van der Waals surface area (Å²) >= 11 is 12.2. The van der Waals surface area contributed by atoms with Gasteiger partial charge < -0.3 is 9.64 Å². The molecule has 0 saturated carbocycles. The summed E-state index contributed by atoms with van der Waals surface area (Å²) in [6.07, 6.45) is 4.35. The van der Waals surface area contributed by atoms with Crippen molar-refractivity contribution >= 4 is 40.7 Å². The van der Waals surface area contributed by atoms with E-state index in [2.05, 4.69) is 10.1 Å². The lowest BCUT2D eigenvalue weighted by Crippen LogP contribution is -2.40. The number of halogens is 2. The minimum Gasteiger partial charge on any atom is -0.466 e. The fraction of sp³-hybridized carbons (Fsp3) is 0.333. The topological polar surface area (TPSA) is 76.8 Å². The van der Waals surface area contributed by atoms with Crippen molar-refractivity contribution in [1.29, 1.82) is 0 Å². The highest BCUT2D eigenvalue weighted by Gasteiger charge is 2.30. The number of likely N-dealkylation sites (tertiary alicyclic amines) is 1. The van der Waals surface area contributed by atoms with Crippen LogP contribution in [0.2, 0.25) is 10.0 Å². The van der Waals surface area contributed by atoms with Crippen LogP contribution in [0.1, 0.15) is 30.1 Å². The molecule has 4 rings (SSSR count). The highest BCUT2D eigenvalue weighted by Crippen LogP contribution is 2.29. The van der Waals surface area contributed by atoms with E-state index in [1.54, 1.807) is 40.7 Å². The van der Waals surface area contributed by atoms with Gasteiger partial charge in [0.15, 0.2) is 5.65 Å². The van der Waals surface area contributed by atoms with Crippen molar-refractivity contribution in [1.82, 2.24) is 19.5 Å². The zero-order chi connectivity index (χ0) is 21.3. The zero-order valence-electron chi connectivity index (χ0n) is 16.3. The third-order valence-electron chi connectivity index (χ3n) is 5.25. The molecule has 1 aromatic carbocycles. The Morgan fingerprint density at radius 1 is 1.17 bits per heavy atom. The first-order chi connectivity index (χ1) is 14.5. The predicted molar refractivity (Wildman–Crippen MR) is 114 cm³/mol. The Labute approximate surface area is 183 Å². The van der Waals surface area contributed by atoms with Crippen LogP contribution in [-0.4, -0.2) is 51.1 Å². The van der Waals surface area contributed by atoms with E-state index in [1.165, 1.54) is 6.20 Å². The van der Waals surface area contributed by atoms with Gasteiger partial charge in [-0.25, -0.2) is 9.50 Å². The van der Waals surface area contributed by atoms with Crippen molar-refractivity contribution in [3.63, 3.8) is 0 Å². The van der Waals surface area contributed by atoms with Crippen LogP contribution in [-0.2, 0) is 9.53 Å². The molecule has 3 aromatic rings. The highest BCUT2D eigenvalue weighted by molar-refractivity contribution is 6.42. The molecule has 156 valence electrons. The van der Waals surface area contributed by atoms with Gasteiger partial charge in [-0.3, -0.25) is 9.59 Å². The second-order valence-electron chi connectivity index (χ2n) is 7.07. The van der Waals surface area contributed by atoms with Crippen LogP contribution in [0, 0.1) is 5.92 Å². The number of amides is 1. The first kappa shape index (κ1) is 20.6. The molecular formula is C21H20Cl2N4O3. The molecule has 0 spiro atoms. The van der Waals surface area contributed by atoms with Crippen molar-refractivity contribution in [3.05, 3.63) is 52.3 Å². The monoisotopic (exact) mass is 446 g/mol. The summed E-state index contributed by atoms with van der Waals surface area (Å²) in [7, 11) is 0. The van der Waals surface area contributed by atoms with Crippen molar-refractivity contribution < 1.29 is 14.3 Å². The molecule has 2 aromatic heterocycles. The van der Waals surface area contributed by atoms with Crippen molar-refractivity contribution in [2.24, 2.45) is 5.92 Å². The number of ether oxygens (including phenoxy) is 1. The van der Waals surface area contributed by atoms with Gasteiger partial charge in [-0.15, -0.1) is 0 Å². The number of piperidine rings is 1. The summed E-state index contributed by atoms with van der Waals surface area (Å²) in [6, 6.07) is 7.11. The summed E-state index contributed by atoms with van der Waals surface area (Å²) < 4.78 is 6.72. The maximum absolute atomic E-state index is 13.1. The van der Waals surface area contributed by atoms with Crippen LogP contribution >= 0.6 is 23.2 Å². The Balaban J connectivity index is 1.58. The molecule has 0 bridgehead atoms. The number of benzene rings is 1. The lowest BCUT2D eigenvalue weighted by Gasteiger charge is -2.30. The summed E-state index contributed by atoms with van der Waals surface area (Å²) in [4.78, 5) is 31.1. The third-order valence-corrected chi connectivity index (χ3v) is 5.99. The largest absolute Gasteiger partial charge is 0.466 e. The maximum atomic E-state index is 13.1. The molecule has 9 heteroatoms. The van der Waals surface area contributed by atoms with E-state index in [0.717, 1.165) is 11.3 Å². The number of aromatic nitrogens is 3. The number of hydrogen-bond donors (Lipinski definition) is 0. The Hall–Kier alpha value is -2.64.